The minimum absolute atomic E-state index is 0.164. The summed E-state index contributed by atoms with van der Waals surface area (Å²) in [4.78, 5) is 20.5. The normalized spacial score (nSPS) is 8.49. The predicted molar refractivity (Wildman–Crippen MR) is 137 cm³/mol. The molecule has 0 saturated carbocycles. The number of ether oxygens (including phenoxy) is 1. The first-order valence-electron chi connectivity index (χ1n) is 11.0. The Morgan fingerprint density at radius 2 is 1.29 bits per heavy atom. The van der Waals surface area contributed by atoms with Crippen molar-refractivity contribution < 1.29 is 24.5 Å². The summed E-state index contributed by atoms with van der Waals surface area (Å²) in [6.07, 6.45) is 2.84. The fraction of sp³-hybridized carbons (Fsp3) is 0.267. The van der Waals surface area contributed by atoms with Crippen molar-refractivity contribution in [3.8, 4) is 53.1 Å². The number of rotatable bonds is 6. The Kier molecular flexibility index (Phi) is 15.4. The van der Waals surface area contributed by atoms with E-state index in [4.69, 9.17) is 14.9 Å². The zero-order chi connectivity index (χ0) is 25.6. The molecule has 0 fully saturated rings. The van der Waals surface area contributed by atoms with Crippen molar-refractivity contribution in [3.63, 3.8) is 0 Å². The number of carboxylic acids is 2. The lowest BCUT2D eigenvalue weighted by Gasteiger charge is -2.01. The molecule has 5 heteroatoms. The summed E-state index contributed by atoms with van der Waals surface area (Å²) in [5.41, 5.74) is 1.53. The monoisotopic (exact) mass is 468 g/mol. The van der Waals surface area contributed by atoms with Crippen LogP contribution in [0.4, 0.5) is 0 Å². The SMILES string of the molecule is Cc1ccc(OCC#CCC#CCC#CCC#CCCCC(=O)O)cc1.O=C(O)c1ccccc1. The molecule has 0 aliphatic rings. The molecule has 0 aromatic heterocycles. The van der Waals surface area contributed by atoms with Gasteiger partial charge in [0.05, 0.1) is 24.8 Å². The molecule has 2 aromatic carbocycles. The third-order valence-electron chi connectivity index (χ3n) is 4.08. The van der Waals surface area contributed by atoms with Crippen molar-refractivity contribution in [3.05, 3.63) is 65.7 Å². The quantitative estimate of drug-likeness (QED) is 0.450. The van der Waals surface area contributed by atoms with Crippen molar-refractivity contribution in [1.82, 2.24) is 0 Å². The van der Waals surface area contributed by atoms with Gasteiger partial charge in [0, 0.05) is 12.8 Å². The highest BCUT2D eigenvalue weighted by atomic mass is 16.5. The molecular formula is C30H28O5. The van der Waals surface area contributed by atoms with Crippen LogP contribution in [0, 0.1) is 54.3 Å². The Morgan fingerprint density at radius 1 is 0.743 bits per heavy atom. The summed E-state index contributed by atoms with van der Waals surface area (Å²) in [6, 6.07) is 16.1. The first kappa shape index (κ1) is 28.5. The van der Waals surface area contributed by atoms with Crippen molar-refractivity contribution in [1.29, 1.82) is 0 Å². The number of aromatic carboxylic acids is 1. The van der Waals surface area contributed by atoms with Gasteiger partial charge in [-0.1, -0.05) is 77.3 Å². The van der Waals surface area contributed by atoms with Crippen molar-refractivity contribution in [2.45, 2.75) is 45.4 Å². The second kappa shape index (κ2) is 18.9. The van der Waals surface area contributed by atoms with Crippen LogP contribution in [0.15, 0.2) is 54.6 Å². The second-order valence-electron chi connectivity index (χ2n) is 6.96. The highest BCUT2D eigenvalue weighted by molar-refractivity contribution is 5.87. The maximum absolute atomic E-state index is 10.3. The van der Waals surface area contributed by atoms with Gasteiger partial charge in [0.2, 0.25) is 0 Å². The van der Waals surface area contributed by atoms with Gasteiger partial charge in [-0.05, 0) is 37.6 Å². The van der Waals surface area contributed by atoms with Crippen LogP contribution in [-0.4, -0.2) is 28.8 Å². The van der Waals surface area contributed by atoms with Crippen LogP contribution in [0.1, 0.15) is 54.4 Å². The average molecular weight is 469 g/mol. The summed E-state index contributed by atoms with van der Waals surface area (Å²) >= 11 is 0. The molecule has 0 bridgehead atoms. The minimum atomic E-state index is -0.879. The van der Waals surface area contributed by atoms with E-state index in [2.05, 4.69) is 47.4 Å². The topological polar surface area (TPSA) is 83.8 Å². The van der Waals surface area contributed by atoms with E-state index < -0.39 is 11.9 Å². The highest BCUT2D eigenvalue weighted by Crippen LogP contribution is 2.10. The number of hydrogen-bond donors (Lipinski definition) is 2. The van der Waals surface area contributed by atoms with Crippen molar-refractivity contribution in [2.75, 3.05) is 6.61 Å². The summed E-state index contributed by atoms with van der Waals surface area (Å²) in [5, 5.41) is 16.9. The predicted octanol–water partition coefficient (Wildman–Crippen LogP) is 5.20. The van der Waals surface area contributed by atoms with Crippen LogP contribution < -0.4 is 4.74 Å². The molecule has 178 valence electrons. The molecule has 0 saturated heterocycles. The Balaban J connectivity index is 0.000000566. The van der Waals surface area contributed by atoms with E-state index in [-0.39, 0.29) is 6.42 Å². The molecule has 35 heavy (non-hydrogen) atoms. The lowest BCUT2D eigenvalue weighted by atomic mass is 10.2. The van der Waals surface area contributed by atoms with Crippen molar-refractivity contribution in [2.24, 2.45) is 0 Å². The smallest absolute Gasteiger partial charge is 0.335 e. The molecule has 0 radical (unpaired) electrons. The number of hydrogen-bond acceptors (Lipinski definition) is 3. The van der Waals surface area contributed by atoms with E-state index in [9.17, 15) is 9.59 Å². The maximum Gasteiger partial charge on any atom is 0.335 e. The van der Waals surface area contributed by atoms with E-state index in [0.717, 1.165) is 5.75 Å². The van der Waals surface area contributed by atoms with Crippen LogP contribution in [0.2, 0.25) is 0 Å². The van der Waals surface area contributed by atoms with E-state index in [1.54, 1.807) is 30.3 Å². The second-order valence-corrected chi connectivity index (χ2v) is 6.96. The Labute approximate surface area is 207 Å². The molecule has 0 amide bonds. The van der Waals surface area contributed by atoms with Crippen LogP contribution in [0.3, 0.4) is 0 Å². The molecule has 2 aromatic rings. The number of aryl methyl sites for hydroxylation is 1. The zero-order valence-corrected chi connectivity index (χ0v) is 19.8. The molecule has 0 spiro atoms. The van der Waals surface area contributed by atoms with E-state index in [1.807, 2.05) is 31.2 Å². The Bertz CT molecular complexity index is 1170. The molecule has 0 atom stereocenters. The van der Waals surface area contributed by atoms with E-state index >= 15 is 0 Å². The van der Waals surface area contributed by atoms with Crippen LogP contribution in [0.5, 0.6) is 5.75 Å². The van der Waals surface area contributed by atoms with Gasteiger partial charge in [-0.15, -0.1) is 5.92 Å². The average Bonchev–Trinajstić information content (AvgIpc) is 2.85. The zero-order valence-electron chi connectivity index (χ0n) is 19.8. The van der Waals surface area contributed by atoms with Gasteiger partial charge in [0.15, 0.2) is 0 Å². The van der Waals surface area contributed by atoms with Crippen LogP contribution in [-0.2, 0) is 4.79 Å². The Hall–Kier alpha value is -4.58. The van der Waals surface area contributed by atoms with Crippen LogP contribution in [0.25, 0.3) is 0 Å². The number of carboxylic acid groups (broad SMARTS) is 2. The first-order valence-corrected chi connectivity index (χ1v) is 11.0. The fourth-order valence-corrected chi connectivity index (χ4v) is 2.31. The highest BCUT2D eigenvalue weighted by Gasteiger charge is 1.96. The largest absolute Gasteiger partial charge is 0.481 e. The van der Waals surface area contributed by atoms with Gasteiger partial charge < -0.3 is 14.9 Å². The lowest BCUT2D eigenvalue weighted by Crippen LogP contribution is -1.93. The molecule has 2 rings (SSSR count). The maximum atomic E-state index is 10.3. The lowest BCUT2D eigenvalue weighted by molar-refractivity contribution is -0.137. The summed E-state index contributed by atoms with van der Waals surface area (Å²) < 4.78 is 5.49. The van der Waals surface area contributed by atoms with Gasteiger partial charge in [0.1, 0.15) is 12.4 Å². The minimum Gasteiger partial charge on any atom is -0.481 e. The molecule has 2 N–H and O–H groups in total. The van der Waals surface area contributed by atoms with E-state index in [0.29, 0.717) is 44.3 Å². The number of benzene rings is 2. The molecule has 0 unspecified atom stereocenters. The van der Waals surface area contributed by atoms with Gasteiger partial charge in [-0.2, -0.15) is 0 Å². The standard InChI is InChI=1S/C23H22O3.C7H6O2/c1-21-16-18-22(19-17-21)26-20-14-12-10-8-6-4-2-3-5-7-9-11-13-15-23(24)25;8-7(9)6-4-2-1-3-5-6/h16-19H,4-5,10-11,13,15,20H2,1H3,(H,24,25);1-5H,(H,8,9). The molecule has 0 aliphatic heterocycles. The third-order valence-corrected chi connectivity index (χ3v) is 4.08. The summed E-state index contributed by atoms with van der Waals surface area (Å²) in [5.74, 6) is 22.6. The third kappa shape index (κ3) is 16.7. The summed E-state index contributed by atoms with van der Waals surface area (Å²) in [7, 11) is 0. The summed E-state index contributed by atoms with van der Waals surface area (Å²) in [6.45, 7) is 2.39. The van der Waals surface area contributed by atoms with Crippen LogP contribution >= 0.6 is 0 Å². The molecule has 0 aliphatic carbocycles. The first-order chi connectivity index (χ1) is 17.0. The van der Waals surface area contributed by atoms with Gasteiger partial charge in [0.25, 0.3) is 0 Å². The molecular weight excluding hydrogens is 440 g/mol. The number of unbranched alkanes of at least 4 members (excludes halogenated alkanes) is 1. The van der Waals surface area contributed by atoms with Gasteiger partial charge in [-0.25, -0.2) is 4.79 Å². The molecule has 0 heterocycles. The molecule has 5 nitrogen and oxygen atoms in total. The van der Waals surface area contributed by atoms with Gasteiger partial charge >= 0.3 is 11.9 Å². The van der Waals surface area contributed by atoms with Gasteiger partial charge in [-0.3, -0.25) is 4.79 Å². The Morgan fingerprint density at radius 3 is 1.80 bits per heavy atom. The number of aliphatic carboxylic acids is 1. The van der Waals surface area contributed by atoms with E-state index in [1.165, 1.54) is 5.56 Å². The number of carbonyl (C=O) groups is 2. The fourth-order valence-electron chi connectivity index (χ4n) is 2.31. The van der Waals surface area contributed by atoms with Crippen molar-refractivity contribution >= 4 is 11.9 Å².